The van der Waals surface area contributed by atoms with Crippen LogP contribution in [0.25, 0.3) is 0 Å². The monoisotopic (exact) mass is 271 g/mol. The minimum absolute atomic E-state index is 0.321. The van der Waals surface area contributed by atoms with E-state index in [0.717, 1.165) is 11.8 Å². The van der Waals surface area contributed by atoms with Gasteiger partial charge in [-0.15, -0.1) is 0 Å². The van der Waals surface area contributed by atoms with Crippen LogP contribution >= 0.6 is 0 Å². The fourth-order valence-corrected chi connectivity index (χ4v) is 2.16. The summed E-state index contributed by atoms with van der Waals surface area (Å²) >= 11 is 0. The molecule has 0 spiro atoms. The van der Waals surface area contributed by atoms with Crippen molar-refractivity contribution in [2.75, 3.05) is 6.61 Å². The second-order valence-electron chi connectivity index (χ2n) is 4.42. The Hall–Kier alpha value is -2.36. The lowest BCUT2D eigenvalue weighted by molar-refractivity contribution is -0.147. The van der Waals surface area contributed by atoms with Crippen LogP contribution in [0.3, 0.4) is 0 Å². The average molecular weight is 271 g/mol. The molecule has 104 valence electrons. The number of rotatable bonds is 6. The van der Waals surface area contributed by atoms with Crippen LogP contribution in [0.5, 0.6) is 0 Å². The predicted octanol–water partition coefficient (Wildman–Crippen LogP) is 2.65. The van der Waals surface area contributed by atoms with Gasteiger partial charge in [0.05, 0.1) is 12.3 Å². The zero-order valence-corrected chi connectivity index (χ0v) is 11.4. The molecule has 0 bridgehead atoms. The molecular formula is C16H17NO3. The molecular weight excluding hydrogens is 254 g/mol. The van der Waals surface area contributed by atoms with Gasteiger partial charge < -0.3 is 9.30 Å². The van der Waals surface area contributed by atoms with Crippen molar-refractivity contribution in [2.24, 2.45) is 0 Å². The van der Waals surface area contributed by atoms with E-state index in [9.17, 15) is 9.59 Å². The molecule has 0 N–H and O–H groups in total. The number of carbonyl (C=O) groups excluding carboxylic acids is 2. The fourth-order valence-electron chi connectivity index (χ4n) is 2.16. The number of hydrogen-bond donors (Lipinski definition) is 0. The fraction of sp³-hybridized carbons (Fsp3) is 0.250. The Bertz CT molecular complexity index is 574. The number of carbonyl (C=O) groups is 2. The third-order valence-electron chi connectivity index (χ3n) is 3.10. The van der Waals surface area contributed by atoms with Crippen LogP contribution in [0.1, 0.15) is 29.0 Å². The Morgan fingerprint density at radius 3 is 2.65 bits per heavy atom. The van der Waals surface area contributed by atoms with E-state index in [1.807, 2.05) is 30.3 Å². The molecule has 0 radical (unpaired) electrons. The van der Waals surface area contributed by atoms with Gasteiger partial charge >= 0.3 is 5.97 Å². The lowest BCUT2D eigenvalue weighted by Gasteiger charge is -2.19. The molecule has 20 heavy (non-hydrogen) atoms. The highest BCUT2D eigenvalue weighted by atomic mass is 16.5. The van der Waals surface area contributed by atoms with Crippen LogP contribution in [0.2, 0.25) is 0 Å². The van der Waals surface area contributed by atoms with Crippen LogP contribution in [0.4, 0.5) is 0 Å². The molecule has 4 heteroatoms. The summed E-state index contributed by atoms with van der Waals surface area (Å²) in [6, 6.07) is 12.6. The standard InChI is InChI=1S/C16H17NO3/c1-2-20-16(19)15(11-13-7-4-3-5-8-13)17-10-6-9-14(17)12-18/h3-10,12,15H,2,11H2,1H3/t15-/m1/s1. The Balaban J connectivity index is 2.30. The summed E-state index contributed by atoms with van der Waals surface area (Å²) in [5, 5.41) is 0. The summed E-state index contributed by atoms with van der Waals surface area (Å²) in [5.41, 5.74) is 1.50. The first-order valence-corrected chi connectivity index (χ1v) is 6.58. The van der Waals surface area contributed by atoms with Crippen molar-refractivity contribution in [3.63, 3.8) is 0 Å². The highest BCUT2D eigenvalue weighted by Crippen LogP contribution is 2.18. The normalized spacial score (nSPS) is 11.8. The van der Waals surface area contributed by atoms with E-state index >= 15 is 0 Å². The van der Waals surface area contributed by atoms with Gasteiger partial charge in [0.1, 0.15) is 6.04 Å². The van der Waals surface area contributed by atoms with Crippen LogP contribution < -0.4 is 0 Å². The molecule has 1 aromatic heterocycles. The third-order valence-corrected chi connectivity index (χ3v) is 3.10. The summed E-state index contributed by atoms with van der Waals surface area (Å²) in [5.74, 6) is -0.323. The largest absolute Gasteiger partial charge is 0.464 e. The van der Waals surface area contributed by atoms with Gasteiger partial charge in [0.2, 0.25) is 0 Å². The van der Waals surface area contributed by atoms with Gasteiger partial charge in [0, 0.05) is 12.6 Å². The molecule has 2 aromatic rings. The van der Waals surface area contributed by atoms with Crippen LogP contribution in [0.15, 0.2) is 48.7 Å². The van der Waals surface area contributed by atoms with Gasteiger partial charge in [-0.25, -0.2) is 4.79 Å². The molecule has 1 heterocycles. The first kappa shape index (κ1) is 14.1. The maximum atomic E-state index is 12.2. The summed E-state index contributed by atoms with van der Waals surface area (Å²) in [6.45, 7) is 2.09. The summed E-state index contributed by atoms with van der Waals surface area (Å²) in [6.07, 6.45) is 2.97. The molecule has 0 amide bonds. The number of benzene rings is 1. The molecule has 1 atom stereocenters. The lowest BCUT2D eigenvalue weighted by atomic mass is 10.1. The van der Waals surface area contributed by atoms with Crippen molar-refractivity contribution in [1.82, 2.24) is 4.57 Å². The van der Waals surface area contributed by atoms with Crippen molar-refractivity contribution in [1.29, 1.82) is 0 Å². The zero-order valence-electron chi connectivity index (χ0n) is 11.4. The number of ether oxygens (including phenoxy) is 1. The quantitative estimate of drug-likeness (QED) is 0.599. The van der Waals surface area contributed by atoms with E-state index in [2.05, 4.69) is 0 Å². The van der Waals surface area contributed by atoms with Gasteiger partial charge in [-0.2, -0.15) is 0 Å². The number of aromatic nitrogens is 1. The van der Waals surface area contributed by atoms with E-state index in [4.69, 9.17) is 4.74 Å². The van der Waals surface area contributed by atoms with Crippen molar-refractivity contribution in [3.8, 4) is 0 Å². The molecule has 0 fully saturated rings. The smallest absolute Gasteiger partial charge is 0.329 e. The predicted molar refractivity (Wildman–Crippen MR) is 75.6 cm³/mol. The first-order chi connectivity index (χ1) is 9.76. The maximum absolute atomic E-state index is 12.2. The minimum atomic E-state index is -0.521. The van der Waals surface area contributed by atoms with Gasteiger partial charge in [-0.05, 0) is 24.6 Å². The number of aldehydes is 1. The summed E-state index contributed by atoms with van der Waals surface area (Å²) in [4.78, 5) is 23.2. The van der Waals surface area contributed by atoms with Gasteiger partial charge in [-0.1, -0.05) is 30.3 Å². The van der Waals surface area contributed by atoms with Gasteiger partial charge in [0.15, 0.2) is 6.29 Å². The average Bonchev–Trinajstić information content (AvgIpc) is 2.94. The molecule has 0 saturated carbocycles. The molecule has 0 aliphatic rings. The Labute approximate surface area is 118 Å². The summed E-state index contributed by atoms with van der Waals surface area (Å²) in [7, 11) is 0. The Morgan fingerprint density at radius 1 is 1.25 bits per heavy atom. The van der Waals surface area contributed by atoms with Crippen LogP contribution in [0, 0.1) is 0 Å². The highest BCUT2D eigenvalue weighted by Gasteiger charge is 2.23. The molecule has 0 unspecified atom stereocenters. The Morgan fingerprint density at radius 2 is 2.00 bits per heavy atom. The van der Waals surface area contributed by atoms with E-state index in [-0.39, 0.29) is 5.97 Å². The lowest BCUT2D eigenvalue weighted by Crippen LogP contribution is -2.25. The molecule has 4 nitrogen and oxygen atoms in total. The highest BCUT2D eigenvalue weighted by molar-refractivity contribution is 5.78. The number of nitrogens with zero attached hydrogens (tertiary/aromatic N) is 1. The van der Waals surface area contributed by atoms with Crippen molar-refractivity contribution in [3.05, 3.63) is 59.9 Å². The van der Waals surface area contributed by atoms with Crippen LogP contribution in [-0.4, -0.2) is 23.4 Å². The second-order valence-corrected chi connectivity index (χ2v) is 4.42. The van der Waals surface area contributed by atoms with E-state index in [1.54, 1.807) is 29.8 Å². The van der Waals surface area contributed by atoms with E-state index in [1.165, 1.54) is 0 Å². The zero-order chi connectivity index (χ0) is 14.4. The SMILES string of the molecule is CCOC(=O)[C@@H](Cc1ccccc1)n1cccc1C=O. The Kier molecular flexibility index (Phi) is 4.71. The topological polar surface area (TPSA) is 48.3 Å². The molecule has 2 rings (SSSR count). The number of esters is 1. The molecule has 1 aromatic carbocycles. The molecule has 0 aliphatic carbocycles. The van der Waals surface area contributed by atoms with Crippen molar-refractivity contribution in [2.45, 2.75) is 19.4 Å². The van der Waals surface area contributed by atoms with Gasteiger partial charge in [-0.3, -0.25) is 4.79 Å². The third kappa shape index (κ3) is 3.15. The van der Waals surface area contributed by atoms with Crippen molar-refractivity contribution < 1.29 is 14.3 Å². The second kappa shape index (κ2) is 6.70. The summed E-state index contributed by atoms with van der Waals surface area (Å²) < 4.78 is 6.79. The van der Waals surface area contributed by atoms with E-state index < -0.39 is 6.04 Å². The minimum Gasteiger partial charge on any atom is -0.464 e. The number of hydrogen-bond acceptors (Lipinski definition) is 3. The van der Waals surface area contributed by atoms with Gasteiger partial charge in [0.25, 0.3) is 0 Å². The maximum Gasteiger partial charge on any atom is 0.329 e. The molecule has 0 saturated heterocycles. The first-order valence-electron chi connectivity index (χ1n) is 6.58. The van der Waals surface area contributed by atoms with Crippen molar-refractivity contribution >= 4 is 12.3 Å². The van der Waals surface area contributed by atoms with Crippen LogP contribution in [-0.2, 0) is 16.0 Å². The molecule has 0 aliphatic heterocycles. The van der Waals surface area contributed by atoms with E-state index in [0.29, 0.717) is 18.7 Å².